The minimum Gasteiger partial charge on any atom is -0.368 e. The van der Waals surface area contributed by atoms with E-state index in [1.54, 1.807) is 4.52 Å². The van der Waals surface area contributed by atoms with Crippen molar-refractivity contribution in [1.29, 1.82) is 0 Å². The van der Waals surface area contributed by atoms with Gasteiger partial charge < -0.3 is 15.5 Å². The van der Waals surface area contributed by atoms with Gasteiger partial charge in [0.25, 0.3) is 0 Å². The fourth-order valence-electron chi connectivity index (χ4n) is 2.84. The van der Waals surface area contributed by atoms with Crippen molar-refractivity contribution in [2.24, 2.45) is 0 Å². The smallest absolute Gasteiger partial charge is 0.239 e. The first-order chi connectivity index (χ1) is 11.7. The number of amides is 1. The number of hydrogen-bond donors (Lipinski definition) is 2. The Morgan fingerprint density at radius 2 is 2.04 bits per heavy atom. The minimum atomic E-state index is -0.00334. The lowest BCUT2D eigenvalue weighted by atomic mass is 10.1. The van der Waals surface area contributed by atoms with E-state index in [0.29, 0.717) is 19.6 Å². The van der Waals surface area contributed by atoms with Crippen molar-refractivity contribution in [1.82, 2.24) is 19.9 Å². The van der Waals surface area contributed by atoms with Crippen molar-refractivity contribution >= 4 is 23.1 Å². The number of rotatable bonds is 0. The summed E-state index contributed by atoms with van der Waals surface area (Å²) in [6.07, 6.45) is 3.71. The van der Waals surface area contributed by atoms with Crippen LogP contribution in [-0.4, -0.2) is 47.2 Å². The molecule has 0 atom stereocenters. The maximum absolute atomic E-state index is 12.0. The number of aromatic nitrogens is 3. The zero-order valence-electron chi connectivity index (χ0n) is 13.4. The maximum atomic E-state index is 12.0. The molecular weight excluding hydrogens is 304 g/mol. The summed E-state index contributed by atoms with van der Waals surface area (Å²) in [5, 5.41) is 10.5. The number of carbonyl (C=O) groups excluding carboxylic acids is 1. The van der Waals surface area contributed by atoms with Crippen molar-refractivity contribution in [2.45, 2.75) is 0 Å². The van der Waals surface area contributed by atoms with E-state index in [0.717, 1.165) is 28.3 Å². The molecular formula is C17H18N6O. The highest BCUT2D eigenvalue weighted by Gasteiger charge is 2.13. The number of carbonyl (C=O) groups is 1. The number of nitrogens with zero attached hydrogens (tertiary/aromatic N) is 4. The first-order valence-corrected chi connectivity index (χ1v) is 7.87. The Bertz CT molecular complexity index is 903. The van der Waals surface area contributed by atoms with Crippen molar-refractivity contribution in [3.8, 4) is 11.1 Å². The Balaban J connectivity index is 1.85. The van der Waals surface area contributed by atoms with Gasteiger partial charge in [-0.2, -0.15) is 5.10 Å². The maximum Gasteiger partial charge on any atom is 0.239 e. The van der Waals surface area contributed by atoms with Crippen LogP contribution in [0.2, 0.25) is 0 Å². The molecule has 0 aliphatic carbocycles. The lowest BCUT2D eigenvalue weighted by molar-refractivity contribution is -0.119. The molecule has 3 aromatic rings. The average Bonchev–Trinajstić information content (AvgIpc) is 3.01. The summed E-state index contributed by atoms with van der Waals surface area (Å²) >= 11 is 0. The molecule has 4 bridgehead atoms. The molecule has 2 N–H and O–H groups in total. The van der Waals surface area contributed by atoms with Gasteiger partial charge in [-0.3, -0.25) is 4.79 Å². The van der Waals surface area contributed by atoms with Crippen LogP contribution in [0, 0.1) is 0 Å². The summed E-state index contributed by atoms with van der Waals surface area (Å²) < 4.78 is 1.77. The number of likely N-dealkylation sites (N-methyl/N-ethyl adjacent to an activating group) is 1. The van der Waals surface area contributed by atoms with Crippen molar-refractivity contribution in [3.05, 3.63) is 42.7 Å². The van der Waals surface area contributed by atoms with Crippen LogP contribution in [0.25, 0.3) is 16.8 Å². The molecule has 0 spiro atoms. The monoisotopic (exact) mass is 322 g/mol. The summed E-state index contributed by atoms with van der Waals surface area (Å²) in [6, 6.07) is 9.94. The molecule has 122 valence electrons. The van der Waals surface area contributed by atoms with E-state index in [9.17, 15) is 4.79 Å². The fourth-order valence-corrected chi connectivity index (χ4v) is 2.84. The second kappa shape index (κ2) is 5.84. The van der Waals surface area contributed by atoms with Gasteiger partial charge in [-0.25, -0.2) is 9.50 Å². The number of anilines is 2. The number of hydrogen-bond acceptors (Lipinski definition) is 5. The predicted octanol–water partition coefficient (Wildman–Crippen LogP) is 1.37. The highest BCUT2D eigenvalue weighted by Crippen LogP contribution is 2.27. The highest BCUT2D eigenvalue weighted by molar-refractivity contribution is 5.83. The molecule has 0 unspecified atom stereocenters. The van der Waals surface area contributed by atoms with Crippen molar-refractivity contribution in [2.75, 3.05) is 36.9 Å². The summed E-state index contributed by atoms with van der Waals surface area (Å²) in [7, 11) is 1.91. The molecule has 24 heavy (non-hydrogen) atoms. The topological polar surface area (TPSA) is 74.6 Å². The second-order valence-corrected chi connectivity index (χ2v) is 5.82. The second-order valence-electron chi connectivity index (χ2n) is 5.82. The van der Waals surface area contributed by atoms with E-state index in [4.69, 9.17) is 0 Å². The van der Waals surface area contributed by atoms with Gasteiger partial charge in [0.2, 0.25) is 5.91 Å². The third-order valence-corrected chi connectivity index (χ3v) is 4.10. The number of fused-ring (bicyclic) bond motifs is 4. The van der Waals surface area contributed by atoms with Crippen molar-refractivity contribution in [3.63, 3.8) is 0 Å². The van der Waals surface area contributed by atoms with Crippen LogP contribution in [0.5, 0.6) is 0 Å². The standard InChI is InChI=1S/C17H18N6O/c1-22-11-16(24)19-7-6-18-15-5-8-23-17(21-15)14(10-20-23)12-3-2-4-13(22)9-12/h2-5,8-10H,6-7,11H2,1H3,(H,18,21)(H,19,24). The van der Waals surface area contributed by atoms with Crippen LogP contribution in [0.3, 0.4) is 0 Å². The molecule has 1 amide bonds. The van der Waals surface area contributed by atoms with Crippen LogP contribution in [-0.2, 0) is 4.79 Å². The van der Waals surface area contributed by atoms with E-state index in [-0.39, 0.29) is 5.91 Å². The molecule has 1 aromatic carbocycles. The van der Waals surface area contributed by atoms with Gasteiger partial charge in [-0.1, -0.05) is 12.1 Å². The predicted molar refractivity (Wildman–Crippen MR) is 93.2 cm³/mol. The molecule has 0 radical (unpaired) electrons. The van der Waals surface area contributed by atoms with Crippen molar-refractivity contribution < 1.29 is 4.79 Å². The van der Waals surface area contributed by atoms with Crippen LogP contribution in [0.1, 0.15) is 0 Å². The fraction of sp³-hybridized carbons (Fsp3) is 0.235. The Morgan fingerprint density at radius 3 is 2.96 bits per heavy atom. The summed E-state index contributed by atoms with van der Waals surface area (Å²) in [4.78, 5) is 18.6. The molecule has 7 nitrogen and oxygen atoms in total. The third kappa shape index (κ3) is 2.64. The number of nitrogens with one attached hydrogen (secondary N) is 2. The summed E-state index contributed by atoms with van der Waals surface area (Å²) in [5.41, 5.74) is 3.78. The van der Waals surface area contributed by atoms with Gasteiger partial charge in [0, 0.05) is 37.6 Å². The molecule has 0 saturated heterocycles. The third-order valence-electron chi connectivity index (χ3n) is 4.10. The van der Waals surface area contributed by atoms with E-state index >= 15 is 0 Å². The largest absolute Gasteiger partial charge is 0.368 e. The van der Waals surface area contributed by atoms with Gasteiger partial charge in [-0.15, -0.1) is 0 Å². The van der Waals surface area contributed by atoms with Gasteiger partial charge in [0.05, 0.1) is 12.7 Å². The first-order valence-electron chi connectivity index (χ1n) is 7.87. The lowest BCUT2D eigenvalue weighted by Crippen LogP contribution is -2.37. The molecule has 3 heterocycles. The van der Waals surface area contributed by atoms with E-state index in [1.807, 2.05) is 48.6 Å². The zero-order valence-corrected chi connectivity index (χ0v) is 13.4. The Labute approximate surface area is 139 Å². The SMILES string of the molecule is CN1CC(=O)NCCNc2ccn3ncc(c3n2)-c2cccc1c2. The van der Waals surface area contributed by atoms with Crippen LogP contribution in [0.15, 0.2) is 42.7 Å². The normalized spacial score (nSPS) is 15.0. The Kier molecular flexibility index (Phi) is 3.53. The first kappa shape index (κ1) is 14.5. The Hall–Kier alpha value is -3.09. The molecule has 7 heteroatoms. The van der Waals surface area contributed by atoms with E-state index < -0.39 is 0 Å². The van der Waals surface area contributed by atoms with Crippen LogP contribution >= 0.6 is 0 Å². The van der Waals surface area contributed by atoms with Gasteiger partial charge in [0.1, 0.15) is 5.82 Å². The molecule has 0 fully saturated rings. The molecule has 0 saturated carbocycles. The summed E-state index contributed by atoms with van der Waals surface area (Å²) in [5.74, 6) is 0.764. The summed E-state index contributed by atoms with van der Waals surface area (Å²) in [6.45, 7) is 1.48. The minimum absolute atomic E-state index is 0.00334. The number of benzene rings is 1. The van der Waals surface area contributed by atoms with E-state index in [2.05, 4.69) is 26.8 Å². The van der Waals surface area contributed by atoms with E-state index in [1.165, 1.54) is 0 Å². The van der Waals surface area contributed by atoms with Crippen LogP contribution < -0.4 is 15.5 Å². The highest BCUT2D eigenvalue weighted by atomic mass is 16.2. The molecule has 2 aromatic heterocycles. The lowest BCUT2D eigenvalue weighted by Gasteiger charge is -2.20. The molecule has 1 aliphatic heterocycles. The van der Waals surface area contributed by atoms with Crippen LogP contribution in [0.4, 0.5) is 11.5 Å². The Morgan fingerprint density at radius 1 is 1.17 bits per heavy atom. The van der Waals surface area contributed by atoms with Gasteiger partial charge in [0.15, 0.2) is 5.65 Å². The zero-order chi connectivity index (χ0) is 16.5. The van der Waals surface area contributed by atoms with Gasteiger partial charge >= 0.3 is 0 Å². The molecule has 4 rings (SSSR count). The quantitative estimate of drug-likeness (QED) is 0.654. The van der Waals surface area contributed by atoms with Gasteiger partial charge in [-0.05, 0) is 23.8 Å². The average molecular weight is 322 g/mol. The molecule has 1 aliphatic rings.